The van der Waals surface area contributed by atoms with E-state index < -0.39 is 5.60 Å². The Balaban J connectivity index is 1.59. The van der Waals surface area contributed by atoms with Crippen LogP contribution in [0.2, 0.25) is 0 Å². The highest BCUT2D eigenvalue weighted by Crippen LogP contribution is 2.47. The van der Waals surface area contributed by atoms with E-state index in [0.717, 1.165) is 38.4 Å². The third kappa shape index (κ3) is 2.83. The van der Waals surface area contributed by atoms with Crippen molar-refractivity contribution in [3.63, 3.8) is 0 Å². The quantitative estimate of drug-likeness (QED) is 0.353. The summed E-state index contributed by atoms with van der Waals surface area (Å²) in [5, 5.41) is 16.4. The third-order valence-electron chi connectivity index (χ3n) is 6.84. The minimum Gasteiger partial charge on any atom is -0.372 e. The van der Waals surface area contributed by atoms with Gasteiger partial charge in [-0.25, -0.2) is 0 Å². The van der Waals surface area contributed by atoms with Crippen molar-refractivity contribution >= 4 is 33.1 Å². The van der Waals surface area contributed by atoms with E-state index in [9.17, 15) is 9.90 Å². The largest absolute Gasteiger partial charge is 0.372 e. The van der Waals surface area contributed by atoms with Crippen molar-refractivity contribution in [1.29, 1.82) is 0 Å². The number of carbonyl (C=O) groups is 1. The van der Waals surface area contributed by atoms with Gasteiger partial charge >= 0.3 is 0 Å². The average Bonchev–Trinajstić information content (AvgIpc) is 3.08. The third-order valence-corrected chi connectivity index (χ3v) is 6.84. The van der Waals surface area contributed by atoms with Crippen molar-refractivity contribution in [2.45, 2.75) is 19.1 Å². The number of fused-ring (bicyclic) bond motifs is 3. The summed E-state index contributed by atoms with van der Waals surface area (Å²) >= 11 is 0. The van der Waals surface area contributed by atoms with Crippen LogP contribution in [0.3, 0.4) is 0 Å². The molecule has 0 unspecified atom stereocenters. The van der Waals surface area contributed by atoms with Crippen molar-refractivity contribution in [2.24, 2.45) is 0 Å². The highest BCUT2D eigenvalue weighted by Gasteiger charge is 2.51. The van der Waals surface area contributed by atoms with E-state index in [0.29, 0.717) is 17.7 Å². The second-order valence-corrected chi connectivity index (χ2v) is 8.74. The molecule has 1 aliphatic rings. The van der Waals surface area contributed by atoms with Gasteiger partial charge in [0.05, 0.1) is 12.2 Å². The summed E-state index contributed by atoms with van der Waals surface area (Å²) in [6, 6.07) is 33.8. The number of carbonyl (C=O) groups excluding carboxylic acids is 1. The second kappa shape index (κ2) is 7.29. The maximum Gasteiger partial charge on any atom is 0.268 e. The summed E-state index contributed by atoms with van der Waals surface area (Å²) in [7, 11) is 0. The molecule has 1 atom stereocenters. The molecule has 3 nitrogen and oxygen atoms in total. The molecule has 0 fully saturated rings. The van der Waals surface area contributed by atoms with Crippen LogP contribution in [0.1, 0.15) is 22.3 Å². The Morgan fingerprint density at radius 2 is 1.36 bits per heavy atom. The van der Waals surface area contributed by atoms with Crippen LogP contribution >= 0.6 is 0 Å². The molecule has 160 valence electrons. The van der Waals surface area contributed by atoms with Crippen LogP contribution in [0.4, 0.5) is 5.69 Å². The summed E-state index contributed by atoms with van der Waals surface area (Å²) in [6.07, 6.45) is 0. The molecule has 5 aromatic rings. The van der Waals surface area contributed by atoms with E-state index in [4.69, 9.17) is 0 Å². The highest BCUT2D eigenvalue weighted by atomic mass is 16.3. The smallest absolute Gasteiger partial charge is 0.268 e. The fraction of sp³-hybridized carbons (Fsp3) is 0.100. The average molecular weight is 430 g/mol. The lowest BCUT2D eigenvalue weighted by Gasteiger charge is -2.25. The second-order valence-electron chi connectivity index (χ2n) is 8.74. The Morgan fingerprint density at radius 3 is 2.03 bits per heavy atom. The molecule has 0 aliphatic carbocycles. The van der Waals surface area contributed by atoms with Crippen molar-refractivity contribution < 1.29 is 9.90 Å². The molecule has 1 N–H and O–H groups in total. The molecule has 0 bridgehead atoms. The number of rotatable bonds is 3. The van der Waals surface area contributed by atoms with E-state index in [1.165, 1.54) is 0 Å². The van der Waals surface area contributed by atoms with Gasteiger partial charge in [-0.1, -0.05) is 97.1 Å². The minimum atomic E-state index is -1.71. The first kappa shape index (κ1) is 19.7. The van der Waals surface area contributed by atoms with Crippen LogP contribution in [-0.4, -0.2) is 11.0 Å². The SMILES string of the molecule is Cc1cccc2c1N(Cc1c3ccccc3cc3ccccc13)C(=O)[C@]2(O)c1ccccc1. The van der Waals surface area contributed by atoms with E-state index in [1.807, 2.05) is 79.7 Å². The number of benzene rings is 5. The predicted octanol–water partition coefficient (Wildman–Crippen LogP) is 6.08. The van der Waals surface area contributed by atoms with Gasteiger partial charge < -0.3 is 10.0 Å². The maximum atomic E-state index is 14.0. The molecule has 1 aliphatic heterocycles. The lowest BCUT2D eigenvalue weighted by atomic mass is 9.87. The molecule has 1 heterocycles. The van der Waals surface area contributed by atoms with Gasteiger partial charge in [-0.05, 0) is 51.2 Å². The van der Waals surface area contributed by atoms with Crippen molar-refractivity contribution in [3.8, 4) is 0 Å². The zero-order chi connectivity index (χ0) is 22.6. The summed E-state index contributed by atoms with van der Waals surface area (Å²) in [6.45, 7) is 2.38. The number of aryl methyl sites for hydroxylation is 1. The fourth-order valence-corrected chi connectivity index (χ4v) is 5.27. The topological polar surface area (TPSA) is 40.5 Å². The van der Waals surface area contributed by atoms with Gasteiger partial charge in [0.15, 0.2) is 5.60 Å². The standard InChI is InChI=1S/C30H23NO2/c1-20-10-9-17-27-28(20)31(29(32)30(27,33)23-13-3-2-4-14-23)19-26-24-15-7-5-11-21(24)18-22-12-6-8-16-25(22)26/h2-18,33H,19H2,1H3/t30-/m0/s1. The number of hydrogen-bond acceptors (Lipinski definition) is 2. The monoisotopic (exact) mass is 429 g/mol. The first-order valence-corrected chi connectivity index (χ1v) is 11.2. The zero-order valence-corrected chi connectivity index (χ0v) is 18.3. The molecule has 0 spiro atoms. The molecule has 1 amide bonds. The first-order valence-electron chi connectivity index (χ1n) is 11.2. The molecule has 33 heavy (non-hydrogen) atoms. The number of hydrogen-bond donors (Lipinski definition) is 1. The summed E-state index contributed by atoms with van der Waals surface area (Å²) < 4.78 is 0. The fourth-order valence-electron chi connectivity index (χ4n) is 5.27. The van der Waals surface area contributed by atoms with Crippen LogP contribution in [-0.2, 0) is 16.9 Å². The Bertz CT molecular complexity index is 1490. The summed E-state index contributed by atoms with van der Waals surface area (Å²) in [5.41, 5.74) is 2.38. The number of para-hydroxylation sites is 1. The van der Waals surface area contributed by atoms with Gasteiger partial charge in [-0.15, -0.1) is 0 Å². The molecule has 3 heteroatoms. The van der Waals surface area contributed by atoms with E-state index >= 15 is 0 Å². The van der Waals surface area contributed by atoms with Crippen LogP contribution in [0.25, 0.3) is 21.5 Å². The van der Waals surface area contributed by atoms with E-state index in [2.05, 4.69) is 30.3 Å². The lowest BCUT2D eigenvalue weighted by Crippen LogP contribution is -2.41. The van der Waals surface area contributed by atoms with Gasteiger partial charge in [0, 0.05) is 5.56 Å². The van der Waals surface area contributed by atoms with Gasteiger partial charge in [0.2, 0.25) is 0 Å². The minimum absolute atomic E-state index is 0.310. The molecule has 0 aromatic heterocycles. The number of anilines is 1. The molecule has 6 rings (SSSR count). The molecule has 0 saturated carbocycles. The van der Waals surface area contributed by atoms with E-state index in [-0.39, 0.29) is 5.91 Å². The lowest BCUT2D eigenvalue weighted by molar-refractivity contribution is -0.132. The summed E-state index contributed by atoms with van der Waals surface area (Å²) in [4.78, 5) is 15.8. The van der Waals surface area contributed by atoms with Crippen LogP contribution in [0, 0.1) is 6.92 Å². The number of nitrogens with zero attached hydrogens (tertiary/aromatic N) is 1. The maximum absolute atomic E-state index is 14.0. The van der Waals surface area contributed by atoms with Crippen LogP contribution < -0.4 is 4.90 Å². The molecule has 0 radical (unpaired) electrons. The number of amides is 1. The molecular weight excluding hydrogens is 406 g/mol. The molecule has 0 saturated heterocycles. The van der Waals surface area contributed by atoms with Crippen LogP contribution in [0.5, 0.6) is 0 Å². The zero-order valence-electron chi connectivity index (χ0n) is 18.3. The molecule has 5 aromatic carbocycles. The van der Waals surface area contributed by atoms with Crippen LogP contribution in [0.15, 0.2) is 103 Å². The Hall–Kier alpha value is -3.95. The van der Waals surface area contributed by atoms with Crippen molar-refractivity contribution in [2.75, 3.05) is 4.90 Å². The predicted molar refractivity (Wildman–Crippen MR) is 133 cm³/mol. The van der Waals surface area contributed by atoms with Gasteiger partial charge in [0.1, 0.15) is 0 Å². The van der Waals surface area contributed by atoms with Gasteiger partial charge in [-0.2, -0.15) is 0 Å². The van der Waals surface area contributed by atoms with Gasteiger partial charge in [-0.3, -0.25) is 4.79 Å². The van der Waals surface area contributed by atoms with Crippen molar-refractivity contribution in [3.05, 3.63) is 125 Å². The van der Waals surface area contributed by atoms with Gasteiger partial charge in [0.25, 0.3) is 5.91 Å². The Kier molecular flexibility index (Phi) is 4.36. The summed E-state index contributed by atoms with van der Waals surface area (Å²) in [5.74, 6) is -0.310. The normalized spacial score (nSPS) is 17.6. The van der Waals surface area contributed by atoms with Crippen molar-refractivity contribution in [1.82, 2.24) is 0 Å². The Morgan fingerprint density at radius 1 is 0.758 bits per heavy atom. The number of aliphatic hydroxyl groups is 1. The first-order chi connectivity index (χ1) is 16.1. The van der Waals surface area contributed by atoms with E-state index in [1.54, 1.807) is 4.90 Å². The highest BCUT2D eigenvalue weighted by molar-refractivity contribution is 6.11. The Labute approximate surface area is 192 Å². The molecular formula is C30H23NO2.